The lowest BCUT2D eigenvalue weighted by Crippen LogP contribution is -2.48. The number of hydrogen-bond acceptors (Lipinski definition) is 4. The molecule has 1 aliphatic heterocycles. The molecule has 0 bridgehead atoms. The average Bonchev–Trinajstić information content (AvgIpc) is 2.72. The first-order valence-corrected chi connectivity index (χ1v) is 10.7. The summed E-state index contributed by atoms with van der Waals surface area (Å²) < 4.78 is 10.9. The van der Waals surface area contributed by atoms with Gasteiger partial charge in [-0.25, -0.2) is 0 Å². The summed E-state index contributed by atoms with van der Waals surface area (Å²) in [5, 5.41) is 6.97. The Morgan fingerprint density at radius 3 is 2.57 bits per heavy atom. The number of piperidine rings is 1. The fourth-order valence-electron chi connectivity index (χ4n) is 3.40. The molecule has 0 aliphatic carbocycles. The molecule has 1 heterocycles. The number of likely N-dealkylation sites (tertiary alicyclic amines) is 1. The lowest BCUT2D eigenvalue weighted by molar-refractivity contribution is 0.120. The van der Waals surface area contributed by atoms with Gasteiger partial charge in [0.2, 0.25) is 0 Å². The first-order chi connectivity index (χ1) is 13.7. The van der Waals surface area contributed by atoms with E-state index in [0.717, 1.165) is 36.8 Å². The van der Waals surface area contributed by atoms with E-state index < -0.39 is 0 Å². The fourth-order valence-corrected chi connectivity index (χ4v) is 3.40. The minimum atomic E-state index is 0.525. The first kappa shape index (κ1) is 22.5. The third kappa shape index (κ3) is 8.48. The Kier molecular flexibility index (Phi) is 10.8. The van der Waals surface area contributed by atoms with Gasteiger partial charge in [0.1, 0.15) is 5.75 Å². The third-order valence-corrected chi connectivity index (χ3v) is 4.96. The van der Waals surface area contributed by atoms with Gasteiger partial charge in [0.25, 0.3) is 0 Å². The molecule has 0 spiro atoms. The summed E-state index contributed by atoms with van der Waals surface area (Å²) in [5.74, 6) is 1.81. The zero-order chi connectivity index (χ0) is 20.0. The van der Waals surface area contributed by atoms with E-state index in [2.05, 4.69) is 29.4 Å². The normalized spacial score (nSPS) is 16.2. The fraction of sp³-hybridized carbons (Fsp3) is 0.682. The van der Waals surface area contributed by atoms with Crippen molar-refractivity contribution in [3.05, 3.63) is 29.8 Å². The smallest absolute Gasteiger partial charge is 0.191 e. The summed E-state index contributed by atoms with van der Waals surface area (Å²) in [6.07, 6.45) is 4.54. The van der Waals surface area contributed by atoms with E-state index in [1.807, 2.05) is 24.3 Å². The predicted molar refractivity (Wildman–Crippen MR) is 116 cm³/mol. The van der Waals surface area contributed by atoms with Crippen molar-refractivity contribution in [3.8, 4) is 5.75 Å². The highest BCUT2D eigenvalue weighted by atomic mass is 16.5. The lowest BCUT2D eigenvalue weighted by atomic mass is 10.1. The van der Waals surface area contributed by atoms with Gasteiger partial charge >= 0.3 is 0 Å². The zero-order valence-electron chi connectivity index (χ0n) is 17.9. The van der Waals surface area contributed by atoms with Crippen LogP contribution in [-0.4, -0.2) is 63.3 Å². The van der Waals surface area contributed by atoms with Gasteiger partial charge in [-0.1, -0.05) is 19.1 Å². The van der Waals surface area contributed by atoms with E-state index in [4.69, 9.17) is 14.5 Å². The molecular formula is C22H38N4O2. The molecule has 2 rings (SSSR count). The van der Waals surface area contributed by atoms with E-state index in [-0.39, 0.29) is 0 Å². The molecule has 6 nitrogen and oxygen atoms in total. The van der Waals surface area contributed by atoms with Crippen LogP contribution in [0.1, 0.15) is 45.1 Å². The number of hydrogen-bond donors (Lipinski definition) is 2. The highest BCUT2D eigenvalue weighted by Crippen LogP contribution is 2.12. The van der Waals surface area contributed by atoms with Crippen LogP contribution in [0.2, 0.25) is 0 Å². The SMILES string of the molecule is CCCN1CCC(NC(=NCCCOCc2ccc(OC)cc2)NCC)CC1. The van der Waals surface area contributed by atoms with Crippen LogP contribution in [0.3, 0.4) is 0 Å². The monoisotopic (exact) mass is 390 g/mol. The largest absolute Gasteiger partial charge is 0.497 e. The molecule has 1 aromatic rings. The molecule has 6 heteroatoms. The predicted octanol–water partition coefficient (Wildman–Crippen LogP) is 3.03. The van der Waals surface area contributed by atoms with Crippen LogP contribution in [0, 0.1) is 0 Å². The molecule has 28 heavy (non-hydrogen) atoms. The first-order valence-electron chi connectivity index (χ1n) is 10.7. The Labute approximate surface area is 170 Å². The molecule has 0 aromatic heterocycles. The highest BCUT2D eigenvalue weighted by molar-refractivity contribution is 5.80. The number of nitrogens with zero attached hydrogens (tertiary/aromatic N) is 2. The summed E-state index contributed by atoms with van der Waals surface area (Å²) in [4.78, 5) is 7.27. The number of aliphatic imine (C=N–C) groups is 1. The van der Waals surface area contributed by atoms with Crippen molar-refractivity contribution in [2.45, 2.75) is 52.2 Å². The number of nitrogens with one attached hydrogen (secondary N) is 2. The van der Waals surface area contributed by atoms with Crippen LogP contribution in [0.15, 0.2) is 29.3 Å². The quantitative estimate of drug-likeness (QED) is 0.346. The Bertz CT molecular complexity index is 554. The van der Waals surface area contributed by atoms with E-state index in [1.54, 1.807) is 7.11 Å². The molecule has 0 radical (unpaired) electrons. The number of benzene rings is 1. The van der Waals surface area contributed by atoms with Gasteiger partial charge in [-0.3, -0.25) is 4.99 Å². The standard InChI is InChI=1S/C22H38N4O2/c1-4-14-26-15-11-20(12-16-26)25-22(23-5-2)24-13-6-17-28-18-19-7-9-21(27-3)10-8-19/h7-10,20H,4-6,11-18H2,1-3H3,(H2,23,24,25). The number of guanidine groups is 1. The van der Waals surface area contributed by atoms with Crippen LogP contribution in [0.5, 0.6) is 5.75 Å². The van der Waals surface area contributed by atoms with Crippen molar-refractivity contribution in [1.29, 1.82) is 0 Å². The van der Waals surface area contributed by atoms with Gasteiger partial charge in [-0.2, -0.15) is 0 Å². The van der Waals surface area contributed by atoms with Crippen molar-refractivity contribution in [2.24, 2.45) is 4.99 Å². The second-order valence-electron chi connectivity index (χ2n) is 7.28. The molecule has 1 saturated heterocycles. The lowest BCUT2D eigenvalue weighted by Gasteiger charge is -2.32. The number of methoxy groups -OCH3 is 1. The van der Waals surface area contributed by atoms with Crippen molar-refractivity contribution in [1.82, 2.24) is 15.5 Å². The van der Waals surface area contributed by atoms with Crippen LogP contribution < -0.4 is 15.4 Å². The topological polar surface area (TPSA) is 58.1 Å². The van der Waals surface area contributed by atoms with Crippen molar-refractivity contribution in [2.75, 3.05) is 46.4 Å². The zero-order valence-corrected chi connectivity index (χ0v) is 17.9. The van der Waals surface area contributed by atoms with Crippen molar-refractivity contribution in [3.63, 3.8) is 0 Å². The Morgan fingerprint density at radius 1 is 1.18 bits per heavy atom. The summed E-state index contributed by atoms with van der Waals surface area (Å²) in [7, 11) is 1.68. The molecule has 0 atom stereocenters. The Morgan fingerprint density at radius 2 is 1.93 bits per heavy atom. The van der Waals surface area contributed by atoms with Crippen molar-refractivity contribution < 1.29 is 9.47 Å². The minimum absolute atomic E-state index is 0.525. The van der Waals surface area contributed by atoms with Gasteiger partial charge < -0.3 is 25.0 Å². The van der Waals surface area contributed by atoms with Crippen LogP contribution in [0.4, 0.5) is 0 Å². The average molecular weight is 391 g/mol. The summed E-state index contributed by atoms with van der Waals surface area (Å²) >= 11 is 0. The van der Waals surface area contributed by atoms with Gasteiger partial charge in [0, 0.05) is 38.8 Å². The summed E-state index contributed by atoms with van der Waals surface area (Å²) in [6, 6.07) is 8.53. The summed E-state index contributed by atoms with van der Waals surface area (Å²) in [6.45, 7) is 10.9. The minimum Gasteiger partial charge on any atom is -0.497 e. The molecule has 1 aromatic carbocycles. The molecule has 2 N–H and O–H groups in total. The van der Waals surface area contributed by atoms with E-state index >= 15 is 0 Å². The van der Waals surface area contributed by atoms with E-state index in [1.165, 1.54) is 38.9 Å². The third-order valence-electron chi connectivity index (χ3n) is 4.96. The molecule has 158 valence electrons. The van der Waals surface area contributed by atoms with Gasteiger partial charge in [0.05, 0.1) is 13.7 Å². The molecule has 0 amide bonds. The van der Waals surface area contributed by atoms with Gasteiger partial charge in [-0.05, 0) is 56.8 Å². The van der Waals surface area contributed by atoms with Gasteiger partial charge in [-0.15, -0.1) is 0 Å². The van der Waals surface area contributed by atoms with E-state index in [0.29, 0.717) is 19.3 Å². The molecule has 0 unspecified atom stereocenters. The van der Waals surface area contributed by atoms with Gasteiger partial charge in [0.15, 0.2) is 5.96 Å². The maximum absolute atomic E-state index is 5.76. The molecular weight excluding hydrogens is 352 g/mol. The maximum atomic E-state index is 5.76. The molecule has 1 fully saturated rings. The van der Waals surface area contributed by atoms with Crippen LogP contribution >= 0.6 is 0 Å². The van der Waals surface area contributed by atoms with Crippen molar-refractivity contribution >= 4 is 5.96 Å². The molecule has 0 saturated carbocycles. The number of rotatable bonds is 11. The highest BCUT2D eigenvalue weighted by Gasteiger charge is 2.19. The Balaban J connectivity index is 1.63. The van der Waals surface area contributed by atoms with Crippen LogP contribution in [-0.2, 0) is 11.3 Å². The van der Waals surface area contributed by atoms with Crippen LogP contribution in [0.25, 0.3) is 0 Å². The second kappa shape index (κ2) is 13.4. The Hall–Kier alpha value is -1.79. The maximum Gasteiger partial charge on any atom is 0.191 e. The molecule has 1 aliphatic rings. The second-order valence-corrected chi connectivity index (χ2v) is 7.28. The summed E-state index contributed by atoms with van der Waals surface area (Å²) in [5.41, 5.74) is 1.16. The number of ether oxygens (including phenoxy) is 2. The van der Waals surface area contributed by atoms with E-state index in [9.17, 15) is 0 Å².